The Bertz CT molecular complexity index is 1340. The molecule has 0 aliphatic carbocycles. The Labute approximate surface area is 216 Å². The van der Waals surface area contributed by atoms with Gasteiger partial charge < -0.3 is 19.1 Å². The van der Waals surface area contributed by atoms with Crippen molar-refractivity contribution >= 4 is 21.6 Å². The Kier molecular flexibility index (Phi) is 7.20. The molecule has 2 aliphatic rings. The van der Waals surface area contributed by atoms with Crippen molar-refractivity contribution in [1.82, 2.24) is 9.80 Å². The summed E-state index contributed by atoms with van der Waals surface area (Å²) < 4.78 is 43.4. The summed E-state index contributed by atoms with van der Waals surface area (Å²) in [6.07, 6.45) is 0. The van der Waals surface area contributed by atoms with Crippen LogP contribution in [0.1, 0.15) is 5.56 Å². The average molecular weight is 524 g/mol. The van der Waals surface area contributed by atoms with E-state index in [1.165, 1.54) is 11.4 Å². The zero-order valence-electron chi connectivity index (χ0n) is 20.6. The van der Waals surface area contributed by atoms with E-state index in [9.17, 15) is 13.2 Å². The van der Waals surface area contributed by atoms with Crippen LogP contribution in [0.25, 0.3) is 0 Å². The van der Waals surface area contributed by atoms with Crippen LogP contribution in [0.3, 0.4) is 0 Å². The van der Waals surface area contributed by atoms with E-state index in [-0.39, 0.29) is 24.2 Å². The fourth-order valence-corrected chi connectivity index (χ4v) is 5.55. The molecule has 1 fully saturated rings. The van der Waals surface area contributed by atoms with E-state index in [0.717, 1.165) is 36.7 Å². The lowest BCUT2D eigenvalue weighted by molar-refractivity contribution is -0.135. The highest BCUT2D eigenvalue weighted by molar-refractivity contribution is 7.92. The smallest absolute Gasteiger partial charge is 0.264 e. The number of carbonyl (C=O) groups excluding carboxylic acids is 1. The first-order chi connectivity index (χ1) is 17.9. The number of hydrogen-bond donors (Lipinski definition) is 0. The summed E-state index contributed by atoms with van der Waals surface area (Å²) in [5.74, 6) is 1.98. The van der Waals surface area contributed by atoms with Gasteiger partial charge in [0, 0.05) is 39.8 Å². The topological polar surface area (TPSA) is 88.6 Å². The summed E-state index contributed by atoms with van der Waals surface area (Å²) in [6, 6.07) is 20.9. The van der Waals surface area contributed by atoms with Gasteiger partial charge in [0.25, 0.3) is 15.9 Å². The maximum Gasteiger partial charge on any atom is 0.264 e. The van der Waals surface area contributed by atoms with Crippen LogP contribution in [-0.2, 0) is 21.4 Å². The molecule has 0 radical (unpaired) electrons. The van der Waals surface area contributed by atoms with Crippen LogP contribution in [0.5, 0.6) is 17.2 Å². The molecule has 1 amide bonds. The molecule has 0 bridgehead atoms. The van der Waals surface area contributed by atoms with Gasteiger partial charge in [-0.2, -0.15) is 0 Å². The molecule has 0 atom stereocenters. The molecule has 37 heavy (non-hydrogen) atoms. The number of rotatable bonds is 8. The van der Waals surface area contributed by atoms with Crippen molar-refractivity contribution in [3.63, 3.8) is 0 Å². The van der Waals surface area contributed by atoms with E-state index in [1.54, 1.807) is 54.6 Å². The Hall–Kier alpha value is -3.76. The van der Waals surface area contributed by atoms with E-state index in [2.05, 4.69) is 4.90 Å². The van der Waals surface area contributed by atoms with Crippen LogP contribution in [0.2, 0.25) is 0 Å². The van der Waals surface area contributed by atoms with Crippen LogP contribution >= 0.6 is 0 Å². The van der Waals surface area contributed by atoms with Crippen molar-refractivity contribution in [3.8, 4) is 17.2 Å². The molecule has 0 N–H and O–H groups in total. The van der Waals surface area contributed by atoms with Gasteiger partial charge >= 0.3 is 0 Å². The number of nitrogens with zero attached hydrogens (tertiary/aromatic N) is 3. The Morgan fingerprint density at radius 3 is 2.35 bits per heavy atom. The van der Waals surface area contributed by atoms with Crippen molar-refractivity contribution in [2.45, 2.75) is 11.4 Å². The van der Waals surface area contributed by atoms with Gasteiger partial charge in [0.05, 0.1) is 10.6 Å². The Morgan fingerprint density at radius 1 is 0.919 bits per heavy atom. The molecule has 0 spiro atoms. The van der Waals surface area contributed by atoms with Crippen molar-refractivity contribution in [3.05, 3.63) is 78.4 Å². The molecule has 0 saturated carbocycles. The molecule has 1 saturated heterocycles. The molecule has 3 aromatic rings. The third kappa shape index (κ3) is 5.65. The number of sulfonamides is 1. The Balaban J connectivity index is 1.09. The van der Waals surface area contributed by atoms with Gasteiger partial charge in [-0.1, -0.05) is 24.3 Å². The van der Waals surface area contributed by atoms with Crippen molar-refractivity contribution in [1.29, 1.82) is 0 Å². The van der Waals surface area contributed by atoms with E-state index in [4.69, 9.17) is 14.2 Å². The molecule has 0 unspecified atom stereocenters. The van der Waals surface area contributed by atoms with Gasteiger partial charge in [-0.15, -0.1) is 0 Å². The zero-order chi connectivity index (χ0) is 25.8. The second-order valence-electron chi connectivity index (χ2n) is 8.91. The van der Waals surface area contributed by atoms with Crippen molar-refractivity contribution < 1.29 is 27.4 Å². The lowest BCUT2D eigenvalue weighted by Crippen LogP contribution is -2.49. The predicted molar refractivity (Wildman–Crippen MR) is 138 cm³/mol. The lowest BCUT2D eigenvalue weighted by atomic mass is 10.1. The largest absolute Gasteiger partial charge is 0.484 e. The lowest BCUT2D eigenvalue weighted by Gasteiger charge is -2.34. The molecule has 3 aromatic carbocycles. The first kappa shape index (κ1) is 24.9. The predicted octanol–water partition coefficient (Wildman–Crippen LogP) is 2.96. The minimum atomic E-state index is -3.66. The summed E-state index contributed by atoms with van der Waals surface area (Å²) in [5.41, 5.74) is 1.65. The highest BCUT2D eigenvalue weighted by Crippen LogP contribution is 2.33. The number of benzene rings is 3. The third-order valence-corrected chi connectivity index (χ3v) is 8.33. The van der Waals surface area contributed by atoms with Crippen LogP contribution in [0, 0.1) is 0 Å². The second kappa shape index (κ2) is 10.7. The maximum atomic E-state index is 12.8. The van der Waals surface area contributed by atoms with Gasteiger partial charge in [0.15, 0.2) is 18.1 Å². The van der Waals surface area contributed by atoms with Gasteiger partial charge in [-0.3, -0.25) is 14.0 Å². The molecule has 0 aromatic heterocycles. The molecule has 10 heteroatoms. The molecular weight excluding hydrogens is 494 g/mol. The van der Waals surface area contributed by atoms with Crippen LogP contribution < -0.4 is 18.5 Å². The fraction of sp³-hybridized carbons (Fsp3) is 0.296. The Morgan fingerprint density at radius 2 is 1.62 bits per heavy atom. The number of amides is 1. The summed E-state index contributed by atoms with van der Waals surface area (Å²) in [6.45, 7) is 3.80. The first-order valence-electron chi connectivity index (χ1n) is 12.1. The van der Waals surface area contributed by atoms with E-state index < -0.39 is 10.0 Å². The summed E-state index contributed by atoms with van der Waals surface area (Å²) in [5, 5.41) is 0. The van der Waals surface area contributed by atoms with E-state index >= 15 is 0 Å². The number of ether oxygens (including phenoxy) is 3. The number of carbonyl (C=O) groups is 1. The highest BCUT2D eigenvalue weighted by Gasteiger charge is 2.23. The second-order valence-corrected chi connectivity index (χ2v) is 10.9. The molecular formula is C27H29N3O6S. The molecule has 2 aliphatic heterocycles. The van der Waals surface area contributed by atoms with Crippen molar-refractivity contribution in [2.24, 2.45) is 0 Å². The average Bonchev–Trinajstić information content (AvgIpc) is 3.40. The summed E-state index contributed by atoms with van der Waals surface area (Å²) in [4.78, 5) is 17.0. The van der Waals surface area contributed by atoms with Gasteiger partial charge in [-0.25, -0.2) is 8.42 Å². The molecule has 194 valence electrons. The number of fused-ring (bicyclic) bond motifs is 1. The van der Waals surface area contributed by atoms with E-state index in [0.29, 0.717) is 24.5 Å². The quantitative estimate of drug-likeness (QED) is 0.449. The summed E-state index contributed by atoms with van der Waals surface area (Å²) in [7, 11) is -2.15. The molecule has 5 rings (SSSR count). The van der Waals surface area contributed by atoms with Gasteiger partial charge in [0.1, 0.15) is 5.75 Å². The van der Waals surface area contributed by atoms with Crippen LogP contribution in [-0.4, -0.2) is 70.8 Å². The number of anilines is 1. The zero-order valence-corrected chi connectivity index (χ0v) is 21.4. The SMILES string of the molecule is CN(c1ccc(OCC(=O)N2CCN(Cc3ccc4c(c3)OCO4)CC2)cc1)S(=O)(=O)c1ccccc1. The van der Waals surface area contributed by atoms with E-state index in [1.807, 2.05) is 23.1 Å². The monoisotopic (exact) mass is 523 g/mol. The van der Waals surface area contributed by atoms with Crippen LogP contribution in [0.15, 0.2) is 77.7 Å². The van der Waals surface area contributed by atoms with Gasteiger partial charge in [0.2, 0.25) is 6.79 Å². The highest BCUT2D eigenvalue weighted by atomic mass is 32.2. The minimum Gasteiger partial charge on any atom is -0.484 e. The molecule has 9 nitrogen and oxygen atoms in total. The van der Waals surface area contributed by atoms with Gasteiger partial charge in [-0.05, 0) is 54.1 Å². The number of piperazine rings is 1. The van der Waals surface area contributed by atoms with Crippen LogP contribution in [0.4, 0.5) is 5.69 Å². The van der Waals surface area contributed by atoms with Crippen molar-refractivity contribution in [2.75, 3.05) is 50.9 Å². The minimum absolute atomic E-state index is 0.0698. The molecule has 2 heterocycles. The third-order valence-electron chi connectivity index (χ3n) is 6.53. The number of hydrogen-bond acceptors (Lipinski definition) is 7. The normalized spacial score (nSPS) is 15.4. The first-order valence-corrected chi connectivity index (χ1v) is 13.5. The maximum absolute atomic E-state index is 12.8. The summed E-state index contributed by atoms with van der Waals surface area (Å²) >= 11 is 0. The standard InChI is InChI=1S/C27H29N3O6S/c1-28(37(32,33)24-5-3-2-4-6-24)22-8-10-23(11-9-22)34-19-27(31)30-15-13-29(14-16-30)18-21-7-12-25-26(17-21)36-20-35-25/h2-12,17H,13-16,18-20H2,1H3. The fourth-order valence-electron chi connectivity index (χ4n) is 4.33.